The highest BCUT2D eigenvalue weighted by Gasteiger charge is 2.46. The maximum atomic E-state index is 6.22. The smallest absolute Gasteiger partial charge is 0.102 e. The van der Waals surface area contributed by atoms with Gasteiger partial charge in [-0.2, -0.15) is 0 Å². The second kappa shape index (κ2) is 8.09. The quantitative estimate of drug-likeness (QED) is 0.711. The summed E-state index contributed by atoms with van der Waals surface area (Å²) in [7, 11) is 0. The van der Waals surface area contributed by atoms with Crippen molar-refractivity contribution >= 4 is 0 Å². The summed E-state index contributed by atoms with van der Waals surface area (Å²) in [5, 5.41) is 0. The molecule has 0 saturated carbocycles. The zero-order chi connectivity index (χ0) is 17.8. The van der Waals surface area contributed by atoms with Gasteiger partial charge in [-0.3, -0.25) is 4.90 Å². The molecular weight excluding hydrogens is 318 g/mol. The van der Waals surface area contributed by atoms with Crippen molar-refractivity contribution in [1.82, 2.24) is 4.90 Å². The normalized spacial score (nSPS) is 26.2. The second-order valence-electron chi connectivity index (χ2n) is 7.45. The van der Waals surface area contributed by atoms with Gasteiger partial charge in [0.05, 0.1) is 6.61 Å². The number of rotatable bonds is 6. The summed E-state index contributed by atoms with van der Waals surface area (Å²) in [6, 6.07) is 11.0. The summed E-state index contributed by atoms with van der Waals surface area (Å²) in [5.41, 5.74) is 2.93. The summed E-state index contributed by atoms with van der Waals surface area (Å²) in [5.74, 6) is 2.49. The number of hydrogen-bond acceptors (Lipinski definition) is 2. The van der Waals surface area contributed by atoms with Gasteiger partial charge in [-0.25, -0.2) is 0 Å². The van der Waals surface area contributed by atoms with Gasteiger partial charge in [-0.15, -0.1) is 0 Å². The van der Waals surface area contributed by atoms with E-state index in [-0.39, 0.29) is 0 Å². The van der Waals surface area contributed by atoms with E-state index < -0.39 is 0 Å². The van der Waals surface area contributed by atoms with E-state index in [1.54, 1.807) is 0 Å². The fourth-order valence-corrected chi connectivity index (χ4v) is 4.62. The number of allylic oxidation sites excluding steroid dienone is 7. The van der Waals surface area contributed by atoms with Crippen LogP contribution >= 0.6 is 0 Å². The summed E-state index contributed by atoms with van der Waals surface area (Å²) < 4.78 is 6.22. The van der Waals surface area contributed by atoms with Gasteiger partial charge < -0.3 is 4.74 Å². The first-order chi connectivity index (χ1) is 12.9. The van der Waals surface area contributed by atoms with Crippen LogP contribution in [0.3, 0.4) is 0 Å². The van der Waals surface area contributed by atoms with Crippen molar-refractivity contribution in [2.24, 2.45) is 11.8 Å². The van der Waals surface area contributed by atoms with Gasteiger partial charge in [-0.1, -0.05) is 66.8 Å². The largest absolute Gasteiger partial charge is 0.498 e. The van der Waals surface area contributed by atoms with E-state index in [1.165, 1.54) is 42.8 Å². The van der Waals surface area contributed by atoms with Gasteiger partial charge in [0.1, 0.15) is 5.76 Å². The topological polar surface area (TPSA) is 12.5 Å². The summed E-state index contributed by atoms with van der Waals surface area (Å²) in [4.78, 5) is 2.60. The van der Waals surface area contributed by atoms with Crippen molar-refractivity contribution in [3.63, 3.8) is 0 Å². The molecule has 2 unspecified atom stereocenters. The molecular formula is C24H29NO. The average Bonchev–Trinajstić information content (AvgIpc) is 3.05. The predicted octanol–water partition coefficient (Wildman–Crippen LogP) is 5.08. The van der Waals surface area contributed by atoms with Crippen molar-refractivity contribution < 1.29 is 4.74 Å². The van der Waals surface area contributed by atoms with Crippen LogP contribution in [-0.4, -0.2) is 31.1 Å². The Bertz CT molecular complexity index is 706. The number of nitrogens with zero attached hydrogens (tertiary/aromatic N) is 1. The summed E-state index contributed by atoms with van der Waals surface area (Å²) in [6.07, 6.45) is 15.9. The zero-order valence-electron chi connectivity index (χ0n) is 15.7. The predicted molar refractivity (Wildman–Crippen MR) is 108 cm³/mol. The Morgan fingerprint density at radius 1 is 0.962 bits per heavy atom. The van der Waals surface area contributed by atoms with Crippen molar-refractivity contribution in [2.75, 3.05) is 26.2 Å². The lowest BCUT2D eigenvalue weighted by molar-refractivity contribution is 0.130. The first-order valence-corrected chi connectivity index (χ1v) is 10.0. The third-order valence-electron chi connectivity index (χ3n) is 5.82. The Morgan fingerprint density at radius 2 is 1.65 bits per heavy atom. The third kappa shape index (κ3) is 3.43. The molecule has 2 aliphatic carbocycles. The minimum atomic E-state index is 0.388. The SMILES string of the molecule is CCOC1=C(CN2CCCC2)C(c2ccccc2)C1C1C=CC=CC=C1. The molecule has 0 bridgehead atoms. The van der Waals surface area contributed by atoms with Crippen molar-refractivity contribution in [3.05, 3.63) is 83.7 Å². The van der Waals surface area contributed by atoms with E-state index in [0.29, 0.717) is 17.8 Å². The third-order valence-corrected chi connectivity index (χ3v) is 5.82. The molecule has 1 aliphatic heterocycles. The first-order valence-electron chi connectivity index (χ1n) is 10.0. The molecule has 1 aromatic rings. The van der Waals surface area contributed by atoms with Crippen LogP contribution in [0.25, 0.3) is 0 Å². The molecule has 2 atom stereocenters. The molecule has 0 amide bonds. The van der Waals surface area contributed by atoms with Crippen molar-refractivity contribution in [1.29, 1.82) is 0 Å². The lowest BCUT2D eigenvalue weighted by Crippen LogP contribution is -2.40. The molecule has 0 aromatic heterocycles. The van der Waals surface area contributed by atoms with Crippen LogP contribution in [0.1, 0.15) is 31.2 Å². The summed E-state index contributed by atoms with van der Waals surface area (Å²) in [6.45, 7) is 6.36. The van der Waals surface area contributed by atoms with E-state index in [4.69, 9.17) is 4.74 Å². The molecule has 26 heavy (non-hydrogen) atoms. The molecule has 0 spiro atoms. The fraction of sp³-hybridized carbons (Fsp3) is 0.417. The van der Waals surface area contributed by atoms with E-state index in [9.17, 15) is 0 Å². The van der Waals surface area contributed by atoms with Crippen LogP contribution in [0.15, 0.2) is 78.1 Å². The van der Waals surface area contributed by atoms with Crippen LogP contribution in [0.4, 0.5) is 0 Å². The Balaban J connectivity index is 1.69. The number of hydrogen-bond donors (Lipinski definition) is 0. The van der Waals surface area contributed by atoms with Crippen LogP contribution < -0.4 is 0 Å². The molecule has 3 aliphatic rings. The van der Waals surface area contributed by atoms with Crippen LogP contribution in [0.5, 0.6) is 0 Å². The van der Waals surface area contributed by atoms with E-state index in [0.717, 1.165) is 13.2 Å². The molecule has 1 saturated heterocycles. The van der Waals surface area contributed by atoms with Gasteiger partial charge in [0, 0.05) is 24.3 Å². The lowest BCUT2D eigenvalue weighted by atomic mass is 9.63. The average molecular weight is 348 g/mol. The molecule has 136 valence electrons. The van der Waals surface area contributed by atoms with Crippen molar-refractivity contribution in [3.8, 4) is 0 Å². The standard InChI is InChI=1S/C24H29NO/c1-2-26-24-21(18-25-16-10-11-17-25)22(19-12-8-5-9-13-19)23(24)20-14-6-3-4-7-15-20/h3-9,12-15,20,22-23H,2,10-11,16-18H2,1H3. The Morgan fingerprint density at radius 3 is 2.31 bits per heavy atom. The lowest BCUT2D eigenvalue weighted by Gasteiger charge is -2.45. The second-order valence-corrected chi connectivity index (χ2v) is 7.45. The van der Waals surface area contributed by atoms with E-state index in [2.05, 4.69) is 78.6 Å². The fourth-order valence-electron chi connectivity index (χ4n) is 4.62. The van der Waals surface area contributed by atoms with Crippen LogP contribution in [-0.2, 0) is 4.74 Å². The minimum absolute atomic E-state index is 0.388. The molecule has 2 nitrogen and oxygen atoms in total. The highest BCUT2D eigenvalue weighted by atomic mass is 16.5. The first kappa shape index (κ1) is 17.4. The Hall–Kier alpha value is -2.06. The maximum Gasteiger partial charge on any atom is 0.102 e. The minimum Gasteiger partial charge on any atom is -0.498 e. The molecule has 1 aromatic carbocycles. The van der Waals surface area contributed by atoms with Gasteiger partial charge >= 0.3 is 0 Å². The van der Waals surface area contributed by atoms with E-state index >= 15 is 0 Å². The summed E-state index contributed by atoms with van der Waals surface area (Å²) >= 11 is 0. The molecule has 1 heterocycles. The number of ether oxygens (including phenoxy) is 1. The maximum absolute atomic E-state index is 6.22. The molecule has 4 rings (SSSR count). The van der Waals surface area contributed by atoms with E-state index in [1.807, 2.05) is 0 Å². The number of likely N-dealkylation sites (tertiary alicyclic amines) is 1. The zero-order valence-corrected chi connectivity index (χ0v) is 15.7. The molecule has 0 radical (unpaired) electrons. The van der Waals surface area contributed by atoms with Crippen LogP contribution in [0, 0.1) is 11.8 Å². The number of benzene rings is 1. The van der Waals surface area contributed by atoms with Gasteiger partial charge in [0.2, 0.25) is 0 Å². The highest BCUT2D eigenvalue weighted by Crippen LogP contribution is 2.53. The molecule has 0 N–H and O–H groups in total. The molecule has 1 fully saturated rings. The van der Waals surface area contributed by atoms with Gasteiger partial charge in [-0.05, 0) is 44.0 Å². The van der Waals surface area contributed by atoms with Crippen LogP contribution in [0.2, 0.25) is 0 Å². The van der Waals surface area contributed by atoms with Crippen molar-refractivity contribution in [2.45, 2.75) is 25.7 Å². The molecule has 2 heteroatoms. The Labute approximate surface area is 157 Å². The van der Waals surface area contributed by atoms with Gasteiger partial charge in [0.15, 0.2) is 0 Å². The monoisotopic (exact) mass is 347 g/mol. The Kier molecular flexibility index (Phi) is 5.40. The van der Waals surface area contributed by atoms with Gasteiger partial charge in [0.25, 0.3) is 0 Å². The highest BCUT2D eigenvalue weighted by molar-refractivity contribution is 5.45.